The largest absolute Gasteiger partial charge is 0.212 e. The molecule has 1 atom stereocenters. The van der Waals surface area contributed by atoms with Crippen LogP contribution in [0.5, 0.6) is 0 Å². The maximum absolute atomic E-state index is 4.20. The number of aromatic nitrogens is 1. The van der Waals surface area contributed by atoms with Gasteiger partial charge in [0.2, 0.25) is 5.69 Å². The van der Waals surface area contributed by atoms with Crippen molar-refractivity contribution in [3.8, 4) is 11.3 Å². The molecule has 146 valence electrons. The lowest BCUT2D eigenvalue weighted by Crippen LogP contribution is -2.38. The van der Waals surface area contributed by atoms with E-state index in [1.807, 2.05) is 0 Å². The van der Waals surface area contributed by atoms with E-state index in [9.17, 15) is 0 Å². The lowest BCUT2D eigenvalue weighted by Gasteiger charge is -2.28. The summed E-state index contributed by atoms with van der Waals surface area (Å²) in [6, 6.07) is 13.8. The summed E-state index contributed by atoms with van der Waals surface area (Å²) >= 11 is 0. The van der Waals surface area contributed by atoms with Gasteiger partial charge in [-0.25, -0.2) is 0 Å². The van der Waals surface area contributed by atoms with Crippen LogP contribution in [0.25, 0.3) is 11.3 Å². The summed E-state index contributed by atoms with van der Waals surface area (Å²) in [4.78, 5) is 0. The molecule has 0 N–H and O–H groups in total. The zero-order valence-electron chi connectivity index (χ0n) is 18.1. The van der Waals surface area contributed by atoms with Gasteiger partial charge in [-0.05, 0) is 49.4 Å². The van der Waals surface area contributed by atoms with Crippen molar-refractivity contribution in [2.45, 2.75) is 85.1 Å². The average Bonchev–Trinajstić information content (AvgIpc) is 2.68. The molecule has 0 radical (unpaired) electrons. The van der Waals surface area contributed by atoms with Gasteiger partial charge >= 0.3 is 0 Å². The van der Waals surface area contributed by atoms with Crippen LogP contribution < -0.4 is 4.57 Å². The Hall–Kier alpha value is -1.89. The fraction of sp³-hybridized carbons (Fsp3) is 0.500. The van der Waals surface area contributed by atoms with Gasteiger partial charge in [0.15, 0.2) is 5.69 Å². The zero-order valence-corrected chi connectivity index (χ0v) is 18.1. The second-order valence-corrected chi connectivity index (χ2v) is 8.01. The highest BCUT2D eigenvalue weighted by Crippen LogP contribution is 2.37. The van der Waals surface area contributed by atoms with Crippen molar-refractivity contribution in [3.05, 3.63) is 65.9 Å². The third kappa shape index (κ3) is 4.89. The standard InChI is InChI=1S/C26H38N/c1-7-11-12-15-22-17-18-24(26(6,9-3)19-8-2)23(20-22)25-16-13-14-21(5)27(25)10-4/h9,13-14,16-18,20H,3,7-8,10-12,15,19H2,1-2,4-6H3/q+1. The normalized spacial score (nSPS) is 13.4. The Morgan fingerprint density at radius 2 is 1.81 bits per heavy atom. The molecule has 1 heterocycles. The van der Waals surface area contributed by atoms with Gasteiger partial charge in [-0.3, -0.25) is 0 Å². The third-order valence-electron chi connectivity index (χ3n) is 5.89. The average molecular weight is 365 g/mol. The van der Waals surface area contributed by atoms with Gasteiger partial charge in [-0.15, -0.1) is 6.58 Å². The van der Waals surface area contributed by atoms with E-state index in [1.165, 1.54) is 47.3 Å². The van der Waals surface area contributed by atoms with Gasteiger partial charge in [-0.2, -0.15) is 4.57 Å². The molecule has 27 heavy (non-hydrogen) atoms. The van der Waals surface area contributed by atoms with Crippen LogP contribution in [0.4, 0.5) is 0 Å². The number of hydrogen-bond acceptors (Lipinski definition) is 0. The van der Waals surface area contributed by atoms with Crippen LogP contribution in [0.1, 0.15) is 76.6 Å². The Labute approximate surface area is 167 Å². The van der Waals surface area contributed by atoms with Gasteiger partial charge < -0.3 is 0 Å². The molecule has 2 rings (SSSR count). The summed E-state index contributed by atoms with van der Waals surface area (Å²) in [5.41, 5.74) is 6.88. The Morgan fingerprint density at radius 3 is 2.44 bits per heavy atom. The molecule has 0 fully saturated rings. The quantitative estimate of drug-likeness (QED) is 0.244. The van der Waals surface area contributed by atoms with E-state index in [-0.39, 0.29) is 5.41 Å². The fourth-order valence-corrected chi connectivity index (χ4v) is 4.21. The van der Waals surface area contributed by atoms with Crippen molar-refractivity contribution in [2.75, 3.05) is 0 Å². The topological polar surface area (TPSA) is 3.88 Å². The van der Waals surface area contributed by atoms with Crippen LogP contribution in [0.15, 0.2) is 49.1 Å². The highest BCUT2D eigenvalue weighted by molar-refractivity contribution is 5.65. The van der Waals surface area contributed by atoms with Gasteiger partial charge in [0.05, 0.1) is 5.56 Å². The van der Waals surface area contributed by atoms with Crippen LogP contribution in [0.2, 0.25) is 0 Å². The van der Waals surface area contributed by atoms with Crippen LogP contribution in [-0.2, 0) is 18.4 Å². The van der Waals surface area contributed by atoms with E-state index in [0.29, 0.717) is 0 Å². The number of allylic oxidation sites excluding steroid dienone is 1. The SMILES string of the molecule is C=CC(C)(CCC)c1ccc(CCCCC)cc1-c1cccc(C)[n+]1CC. The Balaban J connectivity index is 2.65. The van der Waals surface area contributed by atoms with E-state index >= 15 is 0 Å². The Kier molecular flexibility index (Phi) is 7.83. The number of hydrogen-bond donors (Lipinski definition) is 0. The van der Waals surface area contributed by atoms with Crippen molar-refractivity contribution in [2.24, 2.45) is 0 Å². The monoisotopic (exact) mass is 364 g/mol. The van der Waals surface area contributed by atoms with Crippen molar-refractivity contribution in [3.63, 3.8) is 0 Å². The molecule has 2 aromatic rings. The first kappa shape index (κ1) is 21.4. The molecular weight excluding hydrogens is 326 g/mol. The second kappa shape index (κ2) is 9.88. The first-order valence-electron chi connectivity index (χ1n) is 10.8. The number of rotatable bonds is 10. The van der Waals surface area contributed by atoms with Crippen LogP contribution >= 0.6 is 0 Å². The van der Waals surface area contributed by atoms with Gasteiger partial charge in [0.1, 0.15) is 6.54 Å². The van der Waals surface area contributed by atoms with Crippen molar-refractivity contribution < 1.29 is 4.57 Å². The van der Waals surface area contributed by atoms with Gasteiger partial charge in [-0.1, -0.05) is 58.2 Å². The van der Waals surface area contributed by atoms with Crippen LogP contribution in [-0.4, -0.2) is 0 Å². The van der Waals surface area contributed by atoms with E-state index in [1.54, 1.807) is 0 Å². The summed E-state index contributed by atoms with van der Waals surface area (Å²) in [7, 11) is 0. The number of benzene rings is 1. The first-order chi connectivity index (χ1) is 13.0. The third-order valence-corrected chi connectivity index (χ3v) is 5.89. The molecule has 0 spiro atoms. The molecule has 1 heteroatoms. The predicted molar refractivity (Wildman–Crippen MR) is 118 cm³/mol. The van der Waals surface area contributed by atoms with Crippen molar-refractivity contribution >= 4 is 0 Å². The molecule has 1 aromatic carbocycles. The Bertz CT molecular complexity index is 759. The highest BCUT2D eigenvalue weighted by Gasteiger charge is 2.28. The maximum Gasteiger partial charge on any atom is 0.212 e. The number of nitrogens with zero attached hydrogens (tertiary/aromatic N) is 1. The van der Waals surface area contributed by atoms with E-state index in [4.69, 9.17) is 0 Å². The summed E-state index contributed by atoms with van der Waals surface area (Å²) < 4.78 is 2.43. The molecule has 1 unspecified atom stereocenters. The Morgan fingerprint density at radius 1 is 1.04 bits per heavy atom. The molecule has 0 saturated carbocycles. The summed E-state index contributed by atoms with van der Waals surface area (Å²) in [6.07, 6.45) is 9.43. The lowest BCUT2D eigenvalue weighted by molar-refractivity contribution is -0.688. The fourth-order valence-electron chi connectivity index (χ4n) is 4.21. The first-order valence-corrected chi connectivity index (χ1v) is 10.8. The summed E-state index contributed by atoms with van der Waals surface area (Å²) in [5, 5.41) is 0. The number of unbranched alkanes of at least 4 members (excludes halogenated alkanes) is 2. The second-order valence-electron chi connectivity index (χ2n) is 8.01. The van der Waals surface area contributed by atoms with E-state index in [0.717, 1.165) is 25.8 Å². The van der Waals surface area contributed by atoms with E-state index < -0.39 is 0 Å². The van der Waals surface area contributed by atoms with Crippen LogP contribution in [0.3, 0.4) is 0 Å². The van der Waals surface area contributed by atoms with Gasteiger partial charge in [0.25, 0.3) is 0 Å². The minimum absolute atomic E-state index is 0.00134. The number of pyridine rings is 1. The van der Waals surface area contributed by atoms with E-state index in [2.05, 4.69) is 88.2 Å². The molecule has 0 saturated heterocycles. The predicted octanol–water partition coefficient (Wildman–Crippen LogP) is 6.95. The number of aryl methyl sites for hydroxylation is 2. The summed E-state index contributed by atoms with van der Waals surface area (Å²) in [5.74, 6) is 0. The molecule has 1 aromatic heterocycles. The molecule has 1 nitrogen and oxygen atoms in total. The molecule has 0 aliphatic heterocycles. The van der Waals surface area contributed by atoms with Crippen LogP contribution in [0, 0.1) is 6.92 Å². The molecule has 0 bridgehead atoms. The van der Waals surface area contributed by atoms with Crippen molar-refractivity contribution in [1.82, 2.24) is 0 Å². The zero-order chi connectivity index (χ0) is 19.9. The molecular formula is C26H38N+. The lowest BCUT2D eigenvalue weighted by atomic mass is 9.75. The highest BCUT2D eigenvalue weighted by atomic mass is 15.0. The molecule has 0 aliphatic rings. The van der Waals surface area contributed by atoms with Crippen molar-refractivity contribution in [1.29, 1.82) is 0 Å². The molecule has 0 amide bonds. The molecule has 0 aliphatic carbocycles. The minimum Gasteiger partial charge on any atom is -0.196 e. The summed E-state index contributed by atoms with van der Waals surface area (Å²) in [6.45, 7) is 16.5. The maximum atomic E-state index is 4.20. The smallest absolute Gasteiger partial charge is 0.196 e. The minimum atomic E-state index is 0.00134. The van der Waals surface area contributed by atoms with Gasteiger partial charge in [0, 0.05) is 24.5 Å².